The Morgan fingerprint density at radius 2 is 1.95 bits per heavy atom. The van der Waals surface area contributed by atoms with Crippen molar-refractivity contribution in [3.8, 4) is 17.0 Å². The Morgan fingerprint density at radius 1 is 1.15 bits per heavy atom. The summed E-state index contributed by atoms with van der Waals surface area (Å²) in [5, 5.41) is 24.4. The van der Waals surface area contributed by atoms with Gasteiger partial charge in [-0.05, 0) is 53.4 Å². The van der Waals surface area contributed by atoms with Gasteiger partial charge in [0.2, 0.25) is 0 Å². The van der Waals surface area contributed by atoms with Crippen LogP contribution < -0.4 is 15.0 Å². The van der Waals surface area contributed by atoms with E-state index in [4.69, 9.17) is 31.5 Å². The summed E-state index contributed by atoms with van der Waals surface area (Å²) in [6.45, 7) is 5.58. The molecule has 6 rings (SSSR count). The zero-order chi connectivity index (χ0) is 27.8. The van der Waals surface area contributed by atoms with Crippen LogP contribution in [0.2, 0.25) is 5.02 Å². The van der Waals surface area contributed by atoms with Gasteiger partial charge in [0.1, 0.15) is 18.2 Å². The fraction of sp³-hybridized carbons (Fsp3) is 0.241. The molecule has 0 saturated carbocycles. The number of halogens is 1. The van der Waals surface area contributed by atoms with E-state index in [0.717, 1.165) is 22.6 Å². The van der Waals surface area contributed by atoms with Crippen molar-refractivity contribution in [2.24, 2.45) is 0 Å². The number of nitrogens with zero attached hydrogens (tertiary/aromatic N) is 5. The average molecular weight is 558 g/mol. The zero-order valence-corrected chi connectivity index (χ0v) is 22.8. The maximum Gasteiger partial charge on any atom is 0.276 e. The lowest BCUT2D eigenvalue weighted by molar-refractivity contribution is 0.102. The van der Waals surface area contributed by atoms with Gasteiger partial charge < -0.3 is 20.1 Å². The Morgan fingerprint density at radius 3 is 2.67 bits per heavy atom. The van der Waals surface area contributed by atoms with Crippen LogP contribution in [-0.4, -0.2) is 49.0 Å². The number of anilines is 2. The van der Waals surface area contributed by atoms with Crippen LogP contribution in [0.5, 0.6) is 5.75 Å². The maximum absolute atomic E-state index is 13.6. The van der Waals surface area contributed by atoms with Crippen LogP contribution >= 0.6 is 11.6 Å². The summed E-state index contributed by atoms with van der Waals surface area (Å²) in [5.74, 6) is 1.03. The number of amides is 1. The molecular formula is C29H28ClN7O3. The van der Waals surface area contributed by atoms with Crippen molar-refractivity contribution in [2.75, 3.05) is 23.4 Å². The van der Waals surface area contributed by atoms with Gasteiger partial charge in [-0.1, -0.05) is 31.5 Å². The summed E-state index contributed by atoms with van der Waals surface area (Å²) in [7, 11) is 0. The molecule has 40 heavy (non-hydrogen) atoms. The number of fused-ring (bicyclic) bond motifs is 2. The van der Waals surface area contributed by atoms with Gasteiger partial charge in [0.25, 0.3) is 5.91 Å². The van der Waals surface area contributed by atoms with E-state index < -0.39 is 0 Å². The molecule has 1 aliphatic rings. The van der Waals surface area contributed by atoms with Crippen LogP contribution in [0, 0.1) is 0 Å². The highest BCUT2D eigenvalue weighted by molar-refractivity contribution is 6.30. The second kappa shape index (κ2) is 10.6. The van der Waals surface area contributed by atoms with Gasteiger partial charge >= 0.3 is 0 Å². The van der Waals surface area contributed by atoms with Gasteiger partial charge in [0.05, 0.1) is 18.5 Å². The van der Waals surface area contributed by atoms with Crippen molar-refractivity contribution >= 4 is 34.7 Å². The number of aliphatic hydroxyl groups excluding tert-OH is 1. The summed E-state index contributed by atoms with van der Waals surface area (Å²) < 4.78 is 7.14. The summed E-state index contributed by atoms with van der Waals surface area (Å²) in [5.41, 5.74) is 6.27. The third-order valence-corrected chi connectivity index (χ3v) is 7.12. The van der Waals surface area contributed by atoms with Gasteiger partial charge in [0.15, 0.2) is 11.3 Å². The standard InChI is InChI=1S/C29H28ClN7O3/c1-17(2)26-27(29(39)33-22-5-7-23(8-6-22)40-10-9-38)35-37-24(20-13-31-32-14-20)12-25(34-28(26)37)36-15-18-3-4-21(30)11-19(18)16-36/h3-8,11-14,17,38H,9-10,15-16H2,1-2H3,(H,31,32)(H,33,39). The number of nitrogens with one attached hydrogen (secondary N) is 2. The molecule has 3 N–H and O–H groups in total. The number of carbonyl (C=O) groups excluding carboxylic acids is 1. The van der Waals surface area contributed by atoms with Crippen molar-refractivity contribution in [3.05, 3.63) is 88.3 Å². The number of aromatic amines is 1. The number of hydrogen-bond acceptors (Lipinski definition) is 7. The lowest BCUT2D eigenvalue weighted by Gasteiger charge is -2.18. The Kier molecular flexibility index (Phi) is 6.87. The first-order valence-corrected chi connectivity index (χ1v) is 13.4. The van der Waals surface area contributed by atoms with Crippen molar-refractivity contribution in [1.29, 1.82) is 0 Å². The van der Waals surface area contributed by atoms with Crippen molar-refractivity contribution in [1.82, 2.24) is 24.8 Å². The smallest absolute Gasteiger partial charge is 0.276 e. The first kappa shape index (κ1) is 25.8. The highest BCUT2D eigenvalue weighted by atomic mass is 35.5. The van der Waals surface area contributed by atoms with Crippen LogP contribution in [0.1, 0.15) is 46.9 Å². The van der Waals surface area contributed by atoms with Crippen LogP contribution in [0.4, 0.5) is 11.5 Å². The molecule has 11 heteroatoms. The molecule has 4 heterocycles. The molecule has 3 aromatic heterocycles. The third-order valence-electron chi connectivity index (χ3n) is 6.88. The molecule has 0 fully saturated rings. The van der Waals surface area contributed by atoms with E-state index in [1.165, 1.54) is 11.1 Å². The van der Waals surface area contributed by atoms with E-state index in [2.05, 4.69) is 26.5 Å². The Balaban J connectivity index is 1.40. The number of H-pyrrole nitrogens is 1. The number of benzene rings is 2. The number of ether oxygens (including phenoxy) is 1. The largest absolute Gasteiger partial charge is 0.491 e. The molecular weight excluding hydrogens is 530 g/mol. The molecule has 0 unspecified atom stereocenters. The summed E-state index contributed by atoms with van der Waals surface area (Å²) in [6.07, 6.45) is 3.53. The highest BCUT2D eigenvalue weighted by Gasteiger charge is 2.28. The SMILES string of the molecule is CC(C)c1c(C(=O)Nc2ccc(OCCO)cc2)nn2c(-c3cn[nH]c3)cc(N3Cc4ccc(Cl)cc4C3)nc12. The van der Waals surface area contributed by atoms with E-state index >= 15 is 0 Å². The Bertz CT molecular complexity index is 1680. The van der Waals surface area contributed by atoms with Gasteiger partial charge in [-0.2, -0.15) is 10.2 Å². The minimum absolute atomic E-state index is 0.0259. The minimum Gasteiger partial charge on any atom is -0.491 e. The lowest BCUT2D eigenvalue weighted by Crippen LogP contribution is -2.17. The molecule has 0 atom stereocenters. The lowest BCUT2D eigenvalue weighted by atomic mass is 10.0. The van der Waals surface area contributed by atoms with Gasteiger partial charge in [-0.3, -0.25) is 9.89 Å². The topological polar surface area (TPSA) is 121 Å². The number of aromatic nitrogens is 5. The molecule has 0 spiro atoms. The molecule has 5 aromatic rings. The first-order valence-electron chi connectivity index (χ1n) is 13.0. The zero-order valence-electron chi connectivity index (χ0n) is 22.1. The third kappa shape index (κ3) is 4.87. The normalized spacial score (nSPS) is 12.8. The van der Waals surface area contributed by atoms with Crippen LogP contribution in [0.25, 0.3) is 16.9 Å². The fourth-order valence-corrected chi connectivity index (χ4v) is 5.19. The van der Waals surface area contributed by atoms with Gasteiger partial charge in [0, 0.05) is 47.2 Å². The fourth-order valence-electron chi connectivity index (χ4n) is 4.99. The van der Waals surface area contributed by atoms with E-state index in [0.29, 0.717) is 40.9 Å². The van der Waals surface area contributed by atoms with Crippen molar-refractivity contribution < 1.29 is 14.6 Å². The molecule has 204 valence electrons. The molecule has 10 nitrogen and oxygen atoms in total. The average Bonchev–Trinajstić information content (AvgIpc) is 3.70. The predicted molar refractivity (Wildman–Crippen MR) is 153 cm³/mol. The molecule has 0 aliphatic carbocycles. The van der Waals surface area contributed by atoms with Crippen LogP contribution in [-0.2, 0) is 13.1 Å². The first-order chi connectivity index (χ1) is 19.4. The van der Waals surface area contributed by atoms with Crippen LogP contribution in [0.3, 0.4) is 0 Å². The highest BCUT2D eigenvalue weighted by Crippen LogP contribution is 2.34. The summed E-state index contributed by atoms with van der Waals surface area (Å²) in [6, 6.07) is 14.9. The summed E-state index contributed by atoms with van der Waals surface area (Å²) >= 11 is 6.25. The molecule has 0 radical (unpaired) electrons. The number of rotatable bonds is 8. The van der Waals surface area contributed by atoms with Crippen molar-refractivity contribution in [2.45, 2.75) is 32.9 Å². The quantitative estimate of drug-likeness (QED) is 0.244. The monoisotopic (exact) mass is 557 g/mol. The summed E-state index contributed by atoms with van der Waals surface area (Å²) in [4.78, 5) is 20.8. The Hall–Kier alpha value is -4.41. The van der Waals surface area contributed by atoms with Gasteiger partial charge in [-0.15, -0.1) is 0 Å². The predicted octanol–water partition coefficient (Wildman–Crippen LogP) is 5.04. The Labute approximate surface area is 235 Å². The van der Waals surface area contributed by atoms with E-state index in [9.17, 15) is 4.79 Å². The molecule has 1 aliphatic heterocycles. The van der Waals surface area contributed by atoms with E-state index in [1.54, 1.807) is 41.2 Å². The maximum atomic E-state index is 13.6. The molecule has 1 amide bonds. The van der Waals surface area contributed by atoms with E-state index in [1.807, 2.05) is 32.0 Å². The number of hydrogen-bond donors (Lipinski definition) is 3. The number of carbonyl (C=O) groups is 1. The minimum atomic E-state index is -0.332. The van der Waals surface area contributed by atoms with E-state index in [-0.39, 0.29) is 25.0 Å². The molecule has 0 saturated heterocycles. The molecule has 0 bridgehead atoms. The van der Waals surface area contributed by atoms with Crippen molar-refractivity contribution in [3.63, 3.8) is 0 Å². The number of aliphatic hydroxyl groups is 1. The second-order valence-electron chi connectivity index (χ2n) is 9.96. The van der Waals surface area contributed by atoms with Gasteiger partial charge in [-0.25, -0.2) is 9.50 Å². The second-order valence-corrected chi connectivity index (χ2v) is 10.4. The molecule has 2 aromatic carbocycles. The van der Waals surface area contributed by atoms with Crippen LogP contribution in [0.15, 0.2) is 60.9 Å².